The Hall–Kier alpha value is 0.0500. The lowest BCUT2D eigenvalue weighted by Gasteiger charge is -2.58. The fourth-order valence-electron chi connectivity index (χ4n) is 8.89. The average Bonchev–Trinajstić information content (AvgIpc) is 3.05. The molecule has 0 radical (unpaired) electrons. The van der Waals surface area contributed by atoms with E-state index in [1.807, 2.05) is 0 Å². The van der Waals surface area contributed by atoms with Gasteiger partial charge in [-0.25, -0.2) is 0 Å². The SMILES string of the molecule is CC(C)CCC[C@@H](C)[C@H]1CCC2C3CC=C4CC(OP(N)O)CC[C@]4(C)C3CC[C@@]21C. The van der Waals surface area contributed by atoms with Crippen molar-refractivity contribution in [3.05, 3.63) is 11.6 Å². The highest BCUT2D eigenvalue weighted by atomic mass is 31.2. The van der Waals surface area contributed by atoms with Crippen LogP contribution in [0.15, 0.2) is 11.6 Å². The molecule has 31 heavy (non-hydrogen) atoms. The minimum atomic E-state index is -1.74. The molecule has 0 spiro atoms. The second-order valence-corrected chi connectivity index (χ2v) is 13.4. The fourth-order valence-corrected chi connectivity index (χ4v) is 9.38. The van der Waals surface area contributed by atoms with Crippen molar-refractivity contribution in [2.75, 3.05) is 0 Å². The molecule has 0 aromatic carbocycles. The highest BCUT2D eigenvalue weighted by Gasteiger charge is 2.59. The summed E-state index contributed by atoms with van der Waals surface area (Å²) in [6.07, 6.45) is 17.2. The van der Waals surface area contributed by atoms with Gasteiger partial charge in [0.05, 0.1) is 6.10 Å². The minimum Gasteiger partial charge on any atom is -0.338 e. The van der Waals surface area contributed by atoms with Crippen molar-refractivity contribution in [1.82, 2.24) is 0 Å². The molecule has 0 heterocycles. The van der Waals surface area contributed by atoms with E-state index in [0.717, 1.165) is 48.3 Å². The lowest BCUT2D eigenvalue weighted by atomic mass is 9.47. The van der Waals surface area contributed by atoms with E-state index in [4.69, 9.17) is 10.0 Å². The lowest BCUT2D eigenvalue weighted by Crippen LogP contribution is -2.51. The number of nitrogens with two attached hydrogens (primary N) is 1. The molecule has 3 N–H and O–H groups in total. The molecule has 9 atom stereocenters. The van der Waals surface area contributed by atoms with Gasteiger partial charge >= 0.3 is 0 Å². The summed E-state index contributed by atoms with van der Waals surface area (Å²) in [5.74, 6) is 5.29. The third kappa shape index (κ3) is 4.55. The Labute approximate surface area is 192 Å². The smallest absolute Gasteiger partial charge is 0.250 e. The van der Waals surface area contributed by atoms with Crippen molar-refractivity contribution >= 4 is 8.53 Å². The normalized spacial score (nSPS) is 44.3. The molecule has 4 aliphatic rings. The molecule has 4 aliphatic carbocycles. The molecule has 4 rings (SSSR count). The Morgan fingerprint density at radius 2 is 1.87 bits per heavy atom. The van der Waals surface area contributed by atoms with E-state index >= 15 is 0 Å². The molecule has 0 aromatic rings. The first-order chi connectivity index (χ1) is 14.6. The maximum absolute atomic E-state index is 9.53. The fraction of sp³-hybridized carbons (Fsp3) is 0.926. The van der Waals surface area contributed by atoms with Crippen LogP contribution in [0.5, 0.6) is 0 Å². The number of fused-ring (bicyclic) bond motifs is 5. The first-order valence-electron chi connectivity index (χ1n) is 13.2. The largest absolute Gasteiger partial charge is 0.338 e. The van der Waals surface area contributed by atoms with E-state index in [9.17, 15) is 4.89 Å². The summed E-state index contributed by atoms with van der Waals surface area (Å²) in [4.78, 5) is 9.53. The summed E-state index contributed by atoms with van der Waals surface area (Å²) in [5.41, 5.74) is 8.08. The highest BCUT2D eigenvalue weighted by molar-refractivity contribution is 7.43. The maximum atomic E-state index is 9.53. The van der Waals surface area contributed by atoms with Crippen LogP contribution >= 0.6 is 8.53 Å². The zero-order chi connectivity index (χ0) is 22.4. The number of hydrogen-bond acceptors (Lipinski definition) is 3. The molecule has 0 saturated heterocycles. The molecule has 3 saturated carbocycles. The standard InChI is InChI=1S/C27H48NO2P/c1-18(2)7-6-8-19(3)23-11-12-24-22-10-9-20-17-21(30-31(28)29)13-15-26(20,4)25(22)14-16-27(23,24)5/h9,18-19,21-25,29H,6-8,10-17,28H2,1-5H3/t19-,21?,22?,23-,24?,25?,26+,27-,31?/m1/s1. The number of rotatable bonds is 7. The van der Waals surface area contributed by atoms with Crippen molar-refractivity contribution in [2.24, 2.45) is 51.8 Å². The second-order valence-electron chi connectivity index (χ2n) is 12.6. The van der Waals surface area contributed by atoms with Crippen LogP contribution in [0.25, 0.3) is 0 Å². The van der Waals surface area contributed by atoms with Crippen LogP contribution in [0.3, 0.4) is 0 Å². The summed E-state index contributed by atoms with van der Waals surface area (Å²) >= 11 is 0. The van der Waals surface area contributed by atoms with Crippen molar-refractivity contribution in [3.63, 3.8) is 0 Å². The third-order valence-electron chi connectivity index (χ3n) is 10.5. The van der Waals surface area contributed by atoms with E-state index < -0.39 is 8.53 Å². The molecule has 3 nitrogen and oxygen atoms in total. The number of hydrogen-bond donors (Lipinski definition) is 2. The van der Waals surface area contributed by atoms with Crippen LogP contribution in [-0.4, -0.2) is 11.0 Å². The van der Waals surface area contributed by atoms with Gasteiger partial charge in [0.25, 0.3) is 0 Å². The van der Waals surface area contributed by atoms with E-state index in [-0.39, 0.29) is 6.10 Å². The molecule has 0 aromatic heterocycles. The van der Waals surface area contributed by atoms with Gasteiger partial charge in [0, 0.05) is 0 Å². The Morgan fingerprint density at radius 1 is 1.10 bits per heavy atom. The van der Waals surface area contributed by atoms with Crippen LogP contribution in [-0.2, 0) is 4.52 Å². The van der Waals surface area contributed by atoms with Crippen LogP contribution < -0.4 is 5.50 Å². The third-order valence-corrected chi connectivity index (χ3v) is 11.0. The zero-order valence-electron chi connectivity index (χ0n) is 20.8. The minimum absolute atomic E-state index is 0.119. The first-order valence-corrected chi connectivity index (χ1v) is 14.5. The molecule has 0 aliphatic heterocycles. The molecule has 4 heteroatoms. The van der Waals surface area contributed by atoms with E-state index in [1.54, 1.807) is 5.57 Å². The average molecular weight is 450 g/mol. The topological polar surface area (TPSA) is 55.5 Å². The molecule has 5 unspecified atom stereocenters. The predicted molar refractivity (Wildman–Crippen MR) is 131 cm³/mol. The van der Waals surface area contributed by atoms with Gasteiger partial charge in [-0.1, -0.05) is 65.5 Å². The molecule has 3 fully saturated rings. The Bertz CT molecular complexity index is 664. The summed E-state index contributed by atoms with van der Waals surface area (Å²) in [6.45, 7) is 12.5. The molecular formula is C27H48NO2P. The van der Waals surface area contributed by atoms with Crippen LogP contribution in [0.1, 0.15) is 105 Å². The van der Waals surface area contributed by atoms with Gasteiger partial charge in [-0.2, -0.15) is 0 Å². The van der Waals surface area contributed by atoms with Gasteiger partial charge in [-0.3, -0.25) is 5.50 Å². The van der Waals surface area contributed by atoms with Gasteiger partial charge in [0.2, 0.25) is 8.53 Å². The van der Waals surface area contributed by atoms with E-state index in [2.05, 4.69) is 40.7 Å². The number of allylic oxidation sites excluding steroid dienone is 1. The van der Waals surface area contributed by atoms with Crippen molar-refractivity contribution in [2.45, 2.75) is 111 Å². The molecule has 0 amide bonds. The van der Waals surface area contributed by atoms with E-state index in [0.29, 0.717) is 10.8 Å². The van der Waals surface area contributed by atoms with Crippen LogP contribution in [0.2, 0.25) is 0 Å². The quantitative estimate of drug-likeness (QED) is 0.311. The van der Waals surface area contributed by atoms with Crippen LogP contribution in [0, 0.1) is 46.3 Å². The maximum Gasteiger partial charge on any atom is 0.250 e. The van der Waals surface area contributed by atoms with Gasteiger partial charge < -0.3 is 9.42 Å². The predicted octanol–water partition coefficient (Wildman–Crippen LogP) is 7.59. The van der Waals surface area contributed by atoms with Gasteiger partial charge in [-0.05, 0) is 97.7 Å². The highest BCUT2D eigenvalue weighted by Crippen LogP contribution is 2.67. The molecular weight excluding hydrogens is 401 g/mol. The Kier molecular flexibility index (Phi) is 7.30. The lowest BCUT2D eigenvalue weighted by molar-refractivity contribution is -0.0558. The second kappa shape index (κ2) is 9.36. The van der Waals surface area contributed by atoms with Gasteiger partial charge in [0.1, 0.15) is 0 Å². The van der Waals surface area contributed by atoms with Gasteiger partial charge in [-0.15, -0.1) is 0 Å². The Morgan fingerprint density at radius 3 is 2.58 bits per heavy atom. The summed E-state index contributed by atoms with van der Waals surface area (Å²) in [7, 11) is -1.74. The molecule has 0 bridgehead atoms. The van der Waals surface area contributed by atoms with Crippen molar-refractivity contribution in [1.29, 1.82) is 0 Å². The summed E-state index contributed by atoms with van der Waals surface area (Å²) in [5, 5.41) is 0. The van der Waals surface area contributed by atoms with Crippen LogP contribution in [0.4, 0.5) is 0 Å². The summed E-state index contributed by atoms with van der Waals surface area (Å²) < 4.78 is 5.65. The zero-order valence-corrected chi connectivity index (χ0v) is 21.7. The van der Waals surface area contributed by atoms with Crippen molar-refractivity contribution in [3.8, 4) is 0 Å². The summed E-state index contributed by atoms with van der Waals surface area (Å²) in [6, 6.07) is 0. The van der Waals surface area contributed by atoms with Gasteiger partial charge in [0.15, 0.2) is 0 Å². The molecule has 178 valence electrons. The van der Waals surface area contributed by atoms with E-state index in [1.165, 1.54) is 57.8 Å². The first kappa shape index (κ1) is 24.2. The monoisotopic (exact) mass is 449 g/mol. The van der Waals surface area contributed by atoms with Crippen molar-refractivity contribution < 1.29 is 9.42 Å². The Balaban J connectivity index is 1.46.